The third-order valence-corrected chi connectivity index (χ3v) is 5.01. The van der Waals surface area contributed by atoms with Gasteiger partial charge in [-0.2, -0.15) is 0 Å². The molecule has 1 aliphatic carbocycles. The number of hydrogen-bond acceptors (Lipinski definition) is 4. The van der Waals surface area contributed by atoms with Crippen LogP contribution >= 0.6 is 15.9 Å². The highest BCUT2D eigenvalue weighted by molar-refractivity contribution is 9.10. The second-order valence-corrected chi connectivity index (χ2v) is 6.31. The molecule has 2 fully saturated rings. The van der Waals surface area contributed by atoms with Crippen LogP contribution in [0.25, 0.3) is 0 Å². The monoisotopic (exact) mass is 347 g/mol. The van der Waals surface area contributed by atoms with E-state index in [-0.39, 0.29) is 23.2 Å². The molecule has 3 rings (SSSR count). The highest BCUT2D eigenvalue weighted by Crippen LogP contribution is 2.37. The van der Waals surface area contributed by atoms with Gasteiger partial charge in [-0.25, -0.2) is 4.90 Å². The van der Waals surface area contributed by atoms with Gasteiger partial charge in [-0.3, -0.25) is 9.59 Å². The summed E-state index contributed by atoms with van der Waals surface area (Å²) in [5, 5.41) is 15.9. The molecule has 2 unspecified atom stereocenters. The number of halogens is 1. The van der Waals surface area contributed by atoms with Crippen molar-refractivity contribution < 1.29 is 9.59 Å². The molecule has 2 aliphatic rings. The topological polar surface area (TPSA) is 85.1 Å². The lowest BCUT2D eigenvalue weighted by atomic mass is 9.78. The van der Waals surface area contributed by atoms with Gasteiger partial charge in [0, 0.05) is 15.9 Å². The zero-order valence-electron chi connectivity index (χ0n) is 11.4. The second-order valence-electron chi connectivity index (χ2n) is 5.45. The van der Waals surface area contributed by atoms with Crippen LogP contribution in [-0.2, 0) is 9.59 Å². The summed E-state index contributed by atoms with van der Waals surface area (Å²) in [7, 11) is 0. The fourth-order valence-corrected chi connectivity index (χ4v) is 3.22. The molecule has 1 aliphatic heterocycles. The molecule has 1 heterocycles. The molecule has 21 heavy (non-hydrogen) atoms. The van der Waals surface area contributed by atoms with Gasteiger partial charge >= 0.3 is 0 Å². The number of carbonyl (C=O) groups excluding carboxylic acids is 2. The van der Waals surface area contributed by atoms with Crippen molar-refractivity contribution in [3.8, 4) is 0 Å². The van der Waals surface area contributed by atoms with Crippen molar-refractivity contribution in [2.75, 3.05) is 4.90 Å². The molecule has 2 N–H and O–H groups in total. The summed E-state index contributed by atoms with van der Waals surface area (Å²) in [6, 6.07) is 5.27. The van der Waals surface area contributed by atoms with E-state index in [9.17, 15) is 9.59 Å². The minimum absolute atomic E-state index is 0.269. The number of amides is 2. The average molecular weight is 348 g/mol. The van der Waals surface area contributed by atoms with Crippen molar-refractivity contribution in [2.45, 2.75) is 19.8 Å². The molecule has 0 aromatic heterocycles. The Kier molecular flexibility index (Phi) is 3.28. The Morgan fingerprint density at radius 2 is 1.62 bits per heavy atom. The number of carbonyl (C=O) groups is 2. The number of nitrogens with zero attached hydrogens (tertiary/aromatic N) is 1. The van der Waals surface area contributed by atoms with Gasteiger partial charge in [0.25, 0.3) is 0 Å². The quantitative estimate of drug-likeness (QED) is 0.765. The van der Waals surface area contributed by atoms with Crippen molar-refractivity contribution in [1.82, 2.24) is 0 Å². The summed E-state index contributed by atoms with van der Waals surface area (Å²) in [5.41, 5.74) is 1.98. The van der Waals surface area contributed by atoms with Crippen molar-refractivity contribution >= 4 is 44.9 Å². The molecule has 2 atom stereocenters. The predicted molar refractivity (Wildman–Crippen MR) is 83.0 cm³/mol. The van der Waals surface area contributed by atoms with Gasteiger partial charge in [0.2, 0.25) is 11.8 Å². The van der Waals surface area contributed by atoms with E-state index in [1.165, 1.54) is 0 Å². The van der Waals surface area contributed by atoms with Crippen LogP contribution in [0.4, 0.5) is 5.69 Å². The molecule has 0 spiro atoms. The minimum Gasteiger partial charge on any atom is -0.309 e. The number of fused-ring (bicyclic) bond motifs is 1. The lowest BCUT2D eigenvalue weighted by Crippen LogP contribution is -2.36. The first kappa shape index (κ1) is 14.1. The lowest BCUT2D eigenvalue weighted by molar-refractivity contribution is -0.121. The van der Waals surface area contributed by atoms with Gasteiger partial charge in [-0.15, -0.1) is 0 Å². The minimum atomic E-state index is -0.775. The van der Waals surface area contributed by atoms with E-state index in [1.807, 2.05) is 6.92 Å². The maximum Gasteiger partial charge on any atom is 0.243 e. The van der Waals surface area contributed by atoms with Crippen LogP contribution in [0, 0.1) is 29.6 Å². The van der Waals surface area contributed by atoms with Crippen LogP contribution in [0.15, 0.2) is 22.7 Å². The van der Waals surface area contributed by atoms with Crippen LogP contribution in [0.1, 0.15) is 18.4 Å². The number of aryl methyl sites for hydroxylation is 1. The van der Waals surface area contributed by atoms with E-state index in [0.29, 0.717) is 18.5 Å². The largest absolute Gasteiger partial charge is 0.309 e. The van der Waals surface area contributed by atoms with Crippen molar-refractivity contribution in [3.05, 3.63) is 28.2 Å². The van der Waals surface area contributed by atoms with E-state index in [4.69, 9.17) is 10.8 Å². The third kappa shape index (κ3) is 2.05. The molecule has 108 valence electrons. The molecule has 1 aromatic rings. The van der Waals surface area contributed by atoms with Gasteiger partial charge in [-0.1, -0.05) is 15.9 Å². The average Bonchev–Trinajstić information content (AvgIpc) is 2.70. The maximum absolute atomic E-state index is 12.6. The number of imide groups is 1. The first-order valence-electron chi connectivity index (χ1n) is 6.70. The summed E-state index contributed by atoms with van der Waals surface area (Å²) < 4.78 is 0.906. The molecule has 0 radical (unpaired) electrons. The lowest BCUT2D eigenvalue weighted by Gasteiger charge is -2.22. The summed E-state index contributed by atoms with van der Waals surface area (Å²) in [5.74, 6) is -2.30. The number of hydrogen-bond donors (Lipinski definition) is 2. The summed E-state index contributed by atoms with van der Waals surface area (Å²) >= 11 is 3.39. The molecular formula is C15H14BrN3O2. The molecule has 1 aromatic carbocycles. The molecule has 1 saturated carbocycles. The first-order chi connectivity index (χ1) is 9.91. The van der Waals surface area contributed by atoms with E-state index in [0.717, 1.165) is 14.9 Å². The van der Waals surface area contributed by atoms with Gasteiger partial charge in [-0.05, 0) is 43.5 Å². The van der Waals surface area contributed by atoms with Gasteiger partial charge in [0.1, 0.15) is 0 Å². The number of rotatable bonds is 1. The van der Waals surface area contributed by atoms with Crippen molar-refractivity contribution in [3.63, 3.8) is 0 Å². The molecular weight excluding hydrogens is 334 g/mol. The molecule has 2 amide bonds. The van der Waals surface area contributed by atoms with Crippen LogP contribution in [0.5, 0.6) is 0 Å². The van der Waals surface area contributed by atoms with Crippen molar-refractivity contribution in [1.29, 1.82) is 10.8 Å². The second kappa shape index (κ2) is 4.87. The van der Waals surface area contributed by atoms with Crippen LogP contribution in [0.2, 0.25) is 0 Å². The van der Waals surface area contributed by atoms with Crippen LogP contribution in [-0.4, -0.2) is 23.2 Å². The van der Waals surface area contributed by atoms with Crippen molar-refractivity contribution in [2.24, 2.45) is 11.8 Å². The Hall–Kier alpha value is -1.82. The fourth-order valence-electron chi connectivity index (χ4n) is 2.98. The molecule has 1 saturated heterocycles. The fraction of sp³-hybridized carbons (Fsp3) is 0.333. The number of anilines is 1. The molecule has 5 nitrogen and oxygen atoms in total. The van der Waals surface area contributed by atoms with E-state index in [2.05, 4.69) is 15.9 Å². The van der Waals surface area contributed by atoms with E-state index < -0.39 is 11.8 Å². The Balaban J connectivity index is 2.06. The summed E-state index contributed by atoms with van der Waals surface area (Å²) in [4.78, 5) is 26.3. The smallest absolute Gasteiger partial charge is 0.243 e. The highest BCUT2D eigenvalue weighted by atomic mass is 79.9. The Bertz CT molecular complexity index is 664. The predicted octanol–water partition coefficient (Wildman–Crippen LogP) is 2.70. The highest BCUT2D eigenvalue weighted by Gasteiger charge is 2.53. The number of nitrogens with one attached hydrogen (secondary N) is 2. The third-order valence-electron chi connectivity index (χ3n) is 4.12. The zero-order chi connectivity index (χ0) is 15.3. The molecule has 0 bridgehead atoms. The van der Waals surface area contributed by atoms with E-state index in [1.54, 1.807) is 18.2 Å². The summed E-state index contributed by atoms with van der Waals surface area (Å²) in [6.45, 7) is 1.88. The van der Waals surface area contributed by atoms with Gasteiger partial charge in [0.05, 0.1) is 17.5 Å². The zero-order valence-corrected chi connectivity index (χ0v) is 13.0. The standard InChI is InChI=1S/C15H14BrN3O2/c1-7-6-8(2-3-9(7)16)19-14(20)12-10(17)4-5-11(18)13(12)15(19)21/h2-3,6,12-13,17-18H,4-5H2,1H3. The van der Waals surface area contributed by atoms with Crippen LogP contribution < -0.4 is 4.90 Å². The maximum atomic E-state index is 12.6. The first-order valence-corrected chi connectivity index (χ1v) is 7.49. The Morgan fingerprint density at radius 3 is 2.10 bits per heavy atom. The summed E-state index contributed by atoms with van der Waals surface area (Å²) in [6.07, 6.45) is 0.790. The SMILES string of the molecule is Cc1cc(N2C(=O)C3C(=N)CCC(=N)C3C2=O)ccc1Br. The van der Waals surface area contributed by atoms with Gasteiger partial charge < -0.3 is 10.8 Å². The normalized spacial score (nSPS) is 25.5. The molecule has 6 heteroatoms. The van der Waals surface area contributed by atoms with Gasteiger partial charge in [0.15, 0.2) is 0 Å². The van der Waals surface area contributed by atoms with Crippen LogP contribution in [0.3, 0.4) is 0 Å². The number of benzene rings is 1. The Labute approximate surface area is 130 Å². The van der Waals surface area contributed by atoms with E-state index >= 15 is 0 Å². The Morgan fingerprint density at radius 1 is 1.10 bits per heavy atom.